The predicted octanol–water partition coefficient (Wildman–Crippen LogP) is 4.14. The van der Waals surface area contributed by atoms with Crippen LogP contribution >= 0.6 is 0 Å². The van der Waals surface area contributed by atoms with Crippen molar-refractivity contribution in [1.82, 2.24) is 15.1 Å². The third-order valence-electron chi connectivity index (χ3n) is 4.77. The highest BCUT2D eigenvalue weighted by Gasteiger charge is 2.22. The predicted molar refractivity (Wildman–Crippen MR) is 112 cm³/mol. The minimum Gasteiger partial charge on any atom is -0.348 e. The van der Waals surface area contributed by atoms with Gasteiger partial charge in [-0.05, 0) is 42.5 Å². The molecule has 1 unspecified atom stereocenters. The number of nitrogens with zero attached hydrogens (tertiary/aromatic N) is 2. The zero-order valence-corrected chi connectivity index (χ0v) is 17.2. The highest BCUT2D eigenvalue weighted by atomic mass is 19.1. The smallest absolute Gasteiger partial charge is 0.275 e. The van der Waals surface area contributed by atoms with E-state index in [-0.39, 0.29) is 35.3 Å². The summed E-state index contributed by atoms with van der Waals surface area (Å²) in [6.45, 7) is 7.88. The van der Waals surface area contributed by atoms with Gasteiger partial charge in [-0.1, -0.05) is 51.1 Å². The number of fused-ring (bicyclic) bond motifs is 1. The topological polar surface area (TPSA) is 64.0 Å². The second-order valence-corrected chi connectivity index (χ2v) is 8.53. The van der Waals surface area contributed by atoms with Crippen LogP contribution in [0.2, 0.25) is 0 Å². The molecule has 3 aromatic rings. The van der Waals surface area contributed by atoms with E-state index in [1.807, 2.05) is 19.1 Å². The molecule has 0 aliphatic rings. The summed E-state index contributed by atoms with van der Waals surface area (Å²) in [7, 11) is 0. The van der Waals surface area contributed by atoms with E-state index in [1.165, 1.54) is 16.8 Å². The molecule has 0 fully saturated rings. The van der Waals surface area contributed by atoms with E-state index in [0.29, 0.717) is 17.5 Å². The molecule has 152 valence electrons. The second kappa shape index (κ2) is 8.15. The van der Waals surface area contributed by atoms with Gasteiger partial charge in [0.15, 0.2) is 0 Å². The summed E-state index contributed by atoms with van der Waals surface area (Å²) in [5.74, 6) is -0.634. The molecule has 0 aliphatic carbocycles. The number of rotatable bonds is 5. The average Bonchev–Trinajstić information content (AvgIpc) is 2.65. The third kappa shape index (κ3) is 5.08. The Morgan fingerprint density at radius 1 is 1.10 bits per heavy atom. The molecule has 0 aliphatic heterocycles. The van der Waals surface area contributed by atoms with E-state index in [4.69, 9.17) is 0 Å². The quantitative estimate of drug-likeness (QED) is 0.706. The van der Waals surface area contributed by atoms with Crippen molar-refractivity contribution in [2.24, 2.45) is 5.41 Å². The zero-order chi connectivity index (χ0) is 21.2. The van der Waals surface area contributed by atoms with Crippen molar-refractivity contribution in [2.75, 3.05) is 0 Å². The molecule has 1 amide bonds. The number of halogens is 1. The van der Waals surface area contributed by atoms with Gasteiger partial charge in [0.05, 0.1) is 17.1 Å². The normalized spacial score (nSPS) is 12.7. The van der Waals surface area contributed by atoms with Gasteiger partial charge in [0.25, 0.3) is 5.56 Å². The van der Waals surface area contributed by atoms with Gasteiger partial charge in [0.2, 0.25) is 5.91 Å². The first kappa shape index (κ1) is 20.7. The molecule has 1 N–H and O–H groups in total. The molecule has 2 aromatic carbocycles. The number of aryl methyl sites for hydroxylation is 1. The Hall–Kier alpha value is -3.02. The van der Waals surface area contributed by atoms with Gasteiger partial charge in [0, 0.05) is 5.39 Å². The van der Waals surface area contributed by atoms with Crippen LogP contribution in [-0.4, -0.2) is 15.7 Å². The van der Waals surface area contributed by atoms with E-state index in [2.05, 4.69) is 31.2 Å². The lowest BCUT2D eigenvalue weighted by Gasteiger charge is -2.27. The van der Waals surface area contributed by atoms with Gasteiger partial charge in [-0.2, -0.15) is 5.10 Å². The van der Waals surface area contributed by atoms with Crippen molar-refractivity contribution >= 4 is 16.7 Å². The van der Waals surface area contributed by atoms with Gasteiger partial charge in [0.1, 0.15) is 12.4 Å². The van der Waals surface area contributed by atoms with Crippen molar-refractivity contribution < 1.29 is 9.18 Å². The van der Waals surface area contributed by atoms with Crippen molar-refractivity contribution in [3.05, 3.63) is 76.0 Å². The fraction of sp³-hybridized carbons (Fsp3) is 0.348. The van der Waals surface area contributed by atoms with Crippen molar-refractivity contribution in [3.63, 3.8) is 0 Å². The van der Waals surface area contributed by atoms with Crippen molar-refractivity contribution in [1.29, 1.82) is 0 Å². The number of aromatic nitrogens is 2. The fourth-order valence-electron chi connectivity index (χ4n) is 3.45. The van der Waals surface area contributed by atoms with Crippen LogP contribution in [0.4, 0.5) is 4.39 Å². The Labute approximate surface area is 169 Å². The number of carbonyl (C=O) groups excluding carboxylic acids is 1. The Bertz CT molecular complexity index is 1080. The maximum Gasteiger partial charge on any atom is 0.275 e. The largest absolute Gasteiger partial charge is 0.348 e. The zero-order valence-electron chi connectivity index (χ0n) is 17.2. The maximum atomic E-state index is 13.3. The highest BCUT2D eigenvalue weighted by Crippen LogP contribution is 2.29. The Kier molecular flexibility index (Phi) is 5.82. The summed E-state index contributed by atoms with van der Waals surface area (Å²) in [5.41, 5.74) is 1.17. The van der Waals surface area contributed by atoms with E-state index in [9.17, 15) is 14.0 Å². The lowest BCUT2D eigenvalue weighted by molar-refractivity contribution is -0.122. The molecule has 0 radical (unpaired) electrons. The van der Waals surface area contributed by atoms with Gasteiger partial charge in [-0.25, -0.2) is 9.07 Å². The molecule has 1 heterocycles. The van der Waals surface area contributed by atoms with Crippen LogP contribution in [0.1, 0.15) is 44.5 Å². The van der Waals surface area contributed by atoms with E-state index >= 15 is 0 Å². The molecule has 0 saturated carbocycles. The minimum atomic E-state index is -0.322. The molecule has 3 rings (SSSR count). The van der Waals surface area contributed by atoms with Crippen LogP contribution in [0.15, 0.2) is 53.3 Å². The number of benzene rings is 2. The summed E-state index contributed by atoms with van der Waals surface area (Å²) in [6.07, 6.45) is 0.670. The average molecular weight is 395 g/mol. The van der Waals surface area contributed by atoms with Crippen molar-refractivity contribution in [2.45, 2.75) is 46.7 Å². The Morgan fingerprint density at radius 3 is 2.34 bits per heavy atom. The van der Waals surface area contributed by atoms with Gasteiger partial charge in [-0.15, -0.1) is 0 Å². The summed E-state index contributed by atoms with van der Waals surface area (Å²) >= 11 is 0. The van der Waals surface area contributed by atoms with Gasteiger partial charge >= 0.3 is 0 Å². The summed E-state index contributed by atoms with van der Waals surface area (Å²) < 4.78 is 14.5. The van der Waals surface area contributed by atoms with Gasteiger partial charge in [-0.3, -0.25) is 9.59 Å². The Balaban J connectivity index is 1.85. The highest BCUT2D eigenvalue weighted by molar-refractivity contribution is 5.83. The lowest BCUT2D eigenvalue weighted by atomic mass is 9.85. The monoisotopic (exact) mass is 395 g/mol. The third-order valence-corrected chi connectivity index (χ3v) is 4.77. The number of nitrogens with one attached hydrogen (secondary N) is 1. The molecule has 29 heavy (non-hydrogen) atoms. The molecule has 1 atom stereocenters. The van der Waals surface area contributed by atoms with Crippen molar-refractivity contribution in [3.8, 4) is 0 Å². The number of amides is 1. The molecule has 0 bridgehead atoms. The second-order valence-electron chi connectivity index (χ2n) is 8.53. The lowest BCUT2D eigenvalue weighted by Crippen LogP contribution is -2.37. The number of carbonyl (C=O) groups is 1. The summed E-state index contributed by atoms with van der Waals surface area (Å²) in [5, 5.41) is 8.62. The van der Waals surface area contributed by atoms with Crippen LogP contribution in [-0.2, 0) is 11.3 Å². The first-order chi connectivity index (χ1) is 13.6. The summed E-state index contributed by atoms with van der Waals surface area (Å²) in [4.78, 5) is 25.5. The molecule has 5 nitrogen and oxygen atoms in total. The molecule has 0 spiro atoms. The number of hydrogen-bond acceptors (Lipinski definition) is 3. The van der Waals surface area contributed by atoms with Crippen LogP contribution < -0.4 is 10.9 Å². The SMILES string of the molecule is Cc1nn(CC(=O)NC(CC(C)(C)C)c2ccc(F)cc2)c(=O)c2ccccc12. The van der Waals surface area contributed by atoms with Crippen LogP contribution in [0, 0.1) is 18.2 Å². The number of hydrogen-bond donors (Lipinski definition) is 1. The first-order valence-electron chi connectivity index (χ1n) is 9.65. The van der Waals surface area contributed by atoms with E-state index in [1.54, 1.807) is 24.3 Å². The maximum absolute atomic E-state index is 13.3. The summed E-state index contributed by atoms with van der Waals surface area (Å²) in [6, 6.07) is 13.1. The van der Waals surface area contributed by atoms with Crippen LogP contribution in [0.25, 0.3) is 10.8 Å². The van der Waals surface area contributed by atoms with Gasteiger partial charge < -0.3 is 5.32 Å². The fourth-order valence-corrected chi connectivity index (χ4v) is 3.45. The Morgan fingerprint density at radius 2 is 1.72 bits per heavy atom. The van der Waals surface area contributed by atoms with Crippen LogP contribution in [0.3, 0.4) is 0 Å². The minimum absolute atomic E-state index is 0.0546. The molecular formula is C23H26FN3O2. The molecule has 6 heteroatoms. The first-order valence-corrected chi connectivity index (χ1v) is 9.65. The molecule has 1 aromatic heterocycles. The van der Waals surface area contributed by atoms with E-state index in [0.717, 1.165) is 10.9 Å². The van der Waals surface area contributed by atoms with E-state index < -0.39 is 0 Å². The van der Waals surface area contributed by atoms with Crippen LogP contribution in [0.5, 0.6) is 0 Å². The molecular weight excluding hydrogens is 369 g/mol. The standard InChI is InChI=1S/C23H26FN3O2/c1-15-18-7-5-6-8-19(18)22(29)27(26-15)14-21(28)25-20(13-23(2,3)4)16-9-11-17(24)12-10-16/h5-12,20H,13-14H2,1-4H3,(H,25,28). The molecule has 0 saturated heterocycles.